The highest BCUT2D eigenvalue weighted by Crippen LogP contribution is 2.33. The van der Waals surface area contributed by atoms with Crippen molar-refractivity contribution in [2.45, 2.75) is 19.4 Å². The molecule has 0 spiro atoms. The number of methoxy groups -OCH3 is 1. The summed E-state index contributed by atoms with van der Waals surface area (Å²) >= 11 is 6.01. The number of phenolic OH excluding ortho intramolecular Hbond substituents is 1. The molecule has 0 aliphatic carbocycles. The van der Waals surface area contributed by atoms with Gasteiger partial charge in [-0.15, -0.1) is 0 Å². The maximum Gasteiger partial charge on any atom is 0.342 e. The largest absolute Gasteiger partial charge is 0.506 e. The van der Waals surface area contributed by atoms with Crippen LogP contribution in [-0.4, -0.2) is 23.2 Å². The Morgan fingerprint density at radius 2 is 1.88 bits per heavy atom. The molecule has 0 aliphatic rings. The van der Waals surface area contributed by atoms with E-state index in [1.54, 1.807) is 50.2 Å². The number of hydrogen-bond donors (Lipinski definition) is 1. The molecule has 0 saturated heterocycles. The molecule has 0 saturated carbocycles. The van der Waals surface area contributed by atoms with Crippen LogP contribution in [0.2, 0.25) is 5.15 Å². The van der Waals surface area contributed by atoms with Crippen LogP contribution in [0.15, 0.2) is 48.5 Å². The molecule has 0 radical (unpaired) electrons. The second kappa shape index (κ2) is 6.84. The highest BCUT2D eigenvalue weighted by Gasteiger charge is 2.29. The highest BCUT2D eigenvalue weighted by molar-refractivity contribution is 6.29. The minimum atomic E-state index is -1.00. The zero-order valence-electron chi connectivity index (χ0n) is 14.6. The minimum absolute atomic E-state index is 0.101. The molecule has 3 aromatic rings. The fraction of sp³-hybridized carbons (Fsp3) is 0.200. The van der Waals surface area contributed by atoms with Crippen molar-refractivity contribution < 1.29 is 19.4 Å². The van der Waals surface area contributed by atoms with Gasteiger partial charge in [0.05, 0.1) is 7.11 Å². The van der Waals surface area contributed by atoms with Gasteiger partial charge in [-0.3, -0.25) is 0 Å². The molecule has 26 heavy (non-hydrogen) atoms. The number of nitrogens with zero attached hydrogens (tertiary/aromatic N) is 1. The third-order valence-corrected chi connectivity index (χ3v) is 4.34. The number of carbonyl (C=O) groups is 1. The molecule has 5 nitrogen and oxygen atoms in total. The van der Waals surface area contributed by atoms with Gasteiger partial charge in [-0.2, -0.15) is 0 Å². The van der Waals surface area contributed by atoms with Crippen molar-refractivity contribution in [1.82, 2.24) is 4.98 Å². The number of carbonyl (C=O) groups excluding carboxylic acids is 1. The molecule has 3 rings (SSSR count). The van der Waals surface area contributed by atoms with Crippen LogP contribution in [0.25, 0.3) is 10.8 Å². The molecular weight excluding hydrogens is 354 g/mol. The topological polar surface area (TPSA) is 68.7 Å². The summed E-state index contributed by atoms with van der Waals surface area (Å²) in [5.74, 6) is -0.412. The van der Waals surface area contributed by atoms with Gasteiger partial charge in [0.15, 0.2) is 0 Å². The lowest BCUT2D eigenvalue weighted by molar-refractivity contribution is -0.00349. The second-order valence-corrected chi connectivity index (χ2v) is 6.69. The number of aromatic hydroxyl groups is 1. The van der Waals surface area contributed by atoms with Gasteiger partial charge >= 0.3 is 5.97 Å². The fourth-order valence-electron chi connectivity index (χ4n) is 2.69. The van der Waals surface area contributed by atoms with E-state index in [1.165, 1.54) is 7.11 Å². The van der Waals surface area contributed by atoms with Crippen molar-refractivity contribution in [2.24, 2.45) is 0 Å². The molecule has 1 aromatic heterocycles. The van der Waals surface area contributed by atoms with E-state index in [9.17, 15) is 9.90 Å². The van der Waals surface area contributed by atoms with Gasteiger partial charge in [0.2, 0.25) is 5.88 Å². The van der Waals surface area contributed by atoms with Crippen LogP contribution in [-0.2, 0) is 10.3 Å². The predicted octanol–water partition coefficient (Wildman–Crippen LogP) is 4.69. The number of halogens is 1. The summed E-state index contributed by atoms with van der Waals surface area (Å²) in [5.41, 5.74) is -0.276. The summed E-state index contributed by atoms with van der Waals surface area (Å²) in [6, 6.07) is 13.9. The van der Waals surface area contributed by atoms with Gasteiger partial charge in [-0.25, -0.2) is 9.78 Å². The van der Waals surface area contributed by atoms with Gasteiger partial charge in [0.1, 0.15) is 22.1 Å². The normalized spacial score (nSPS) is 11.4. The summed E-state index contributed by atoms with van der Waals surface area (Å²) in [6.07, 6.45) is 0. The second-order valence-electron chi connectivity index (χ2n) is 6.30. The first kappa shape index (κ1) is 18.0. The van der Waals surface area contributed by atoms with Crippen molar-refractivity contribution >= 4 is 28.3 Å². The molecule has 134 valence electrons. The number of benzene rings is 2. The zero-order chi connectivity index (χ0) is 18.9. The third kappa shape index (κ3) is 3.44. The summed E-state index contributed by atoms with van der Waals surface area (Å²) in [4.78, 5) is 16.7. The van der Waals surface area contributed by atoms with Crippen molar-refractivity contribution in [1.29, 1.82) is 0 Å². The molecule has 0 unspecified atom stereocenters. The monoisotopic (exact) mass is 371 g/mol. The lowest BCUT2D eigenvalue weighted by Crippen LogP contribution is -2.26. The fourth-order valence-corrected chi connectivity index (χ4v) is 2.89. The van der Waals surface area contributed by atoms with Gasteiger partial charge in [-0.05, 0) is 31.4 Å². The summed E-state index contributed by atoms with van der Waals surface area (Å²) in [5, 5.41) is 12.1. The number of hydrogen-bond acceptors (Lipinski definition) is 5. The molecule has 0 atom stereocenters. The van der Waals surface area contributed by atoms with Crippen LogP contribution in [0.4, 0.5) is 0 Å². The Morgan fingerprint density at radius 1 is 1.15 bits per heavy atom. The maximum atomic E-state index is 12.7. The molecule has 0 aliphatic heterocycles. The van der Waals surface area contributed by atoms with Gasteiger partial charge < -0.3 is 14.6 Å². The lowest BCUT2D eigenvalue weighted by Gasteiger charge is -2.26. The number of esters is 1. The number of ether oxygens (including phenoxy) is 2. The first-order valence-corrected chi connectivity index (χ1v) is 8.36. The standard InChI is InChI=1S/C20H18ClNO4/c1-20(2,13-10-16(21)22-17(11-13)25-3)26-19(24)15-9-8-12-6-4-5-7-14(12)18(15)23/h4-11,23H,1-3H3. The van der Waals surface area contributed by atoms with Gasteiger partial charge in [0.25, 0.3) is 0 Å². The Bertz CT molecular complexity index is 985. The van der Waals surface area contributed by atoms with E-state index in [-0.39, 0.29) is 16.5 Å². The number of rotatable bonds is 4. The van der Waals surface area contributed by atoms with Crippen LogP contribution in [0.3, 0.4) is 0 Å². The van der Waals surface area contributed by atoms with E-state index in [0.717, 1.165) is 5.39 Å². The number of aromatic nitrogens is 1. The molecule has 1 heterocycles. The maximum absolute atomic E-state index is 12.7. The Morgan fingerprint density at radius 3 is 2.62 bits per heavy atom. The first-order valence-electron chi connectivity index (χ1n) is 7.98. The van der Waals surface area contributed by atoms with Crippen molar-refractivity contribution in [3.05, 3.63) is 64.8 Å². The van der Waals surface area contributed by atoms with E-state index in [1.807, 2.05) is 12.1 Å². The SMILES string of the molecule is COc1cc(C(C)(C)OC(=O)c2ccc3ccccc3c2O)cc(Cl)n1. The van der Waals surface area contributed by atoms with E-state index >= 15 is 0 Å². The Hall–Kier alpha value is -2.79. The average molecular weight is 372 g/mol. The van der Waals surface area contributed by atoms with Crippen molar-refractivity contribution in [3.8, 4) is 11.6 Å². The predicted molar refractivity (Wildman–Crippen MR) is 99.9 cm³/mol. The van der Waals surface area contributed by atoms with Crippen LogP contribution >= 0.6 is 11.6 Å². The Kier molecular flexibility index (Phi) is 4.74. The average Bonchev–Trinajstić information content (AvgIpc) is 2.61. The van der Waals surface area contributed by atoms with Crippen molar-refractivity contribution in [2.75, 3.05) is 7.11 Å². The third-order valence-electron chi connectivity index (χ3n) is 4.14. The summed E-state index contributed by atoms with van der Waals surface area (Å²) in [7, 11) is 1.48. The number of fused-ring (bicyclic) bond motifs is 1. The molecular formula is C20H18ClNO4. The van der Waals surface area contributed by atoms with E-state index in [2.05, 4.69) is 4.98 Å². The number of pyridine rings is 1. The first-order chi connectivity index (χ1) is 12.3. The van der Waals surface area contributed by atoms with E-state index in [4.69, 9.17) is 21.1 Å². The van der Waals surface area contributed by atoms with Gasteiger partial charge in [0, 0.05) is 17.0 Å². The minimum Gasteiger partial charge on any atom is -0.506 e. The number of phenols is 1. The Labute approximate surface area is 156 Å². The van der Waals surface area contributed by atoms with Crippen LogP contribution < -0.4 is 4.74 Å². The lowest BCUT2D eigenvalue weighted by atomic mass is 9.98. The highest BCUT2D eigenvalue weighted by atomic mass is 35.5. The van der Waals surface area contributed by atoms with Crippen LogP contribution in [0, 0.1) is 0 Å². The zero-order valence-corrected chi connectivity index (χ0v) is 15.4. The van der Waals surface area contributed by atoms with Crippen LogP contribution in [0.5, 0.6) is 11.6 Å². The quantitative estimate of drug-likeness (QED) is 0.532. The smallest absolute Gasteiger partial charge is 0.342 e. The molecule has 6 heteroatoms. The summed E-state index contributed by atoms with van der Waals surface area (Å²) < 4.78 is 10.8. The molecule has 1 N–H and O–H groups in total. The Balaban J connectivity index is 1.94. The van der Waals surface area contributed by atoms with Crippen LogP contribution in [0.1, 0.15) is 29.8 Å². The van der Waals surface area contributed by atoms with Gasteiger partial charge in [-0.1, -0.05) is 41.9 Å². The van der Waals surface area contributed by atoms with Crippen molar-refractivity contribution in [3.63, 3.8) is 0 Å². The molecule has 2 aromatic carbocycles. The summed E-state index contributed by atoms with van der Waals surface area (Å²) in [6.45, 7) is 3.46. The molecule has 0 bridgehead atoms. The van der Waals surface area contributed by atoms with E-state index < -0.39 is 11.6 Å². The van der Waals surface area contributed by atoms with E-state index in [0.29, 0.717) is 16.8 Å². The molecule has 0 amide bonds. The molecule has 0 fully saturated rings.